The van der Waals surface area contributed by atoms with Crippen molar-refractivity contribution < 1.29 is 23.7 Å². The van der Waals surface area contributed by atoms with Crippen molar-refractivity contribution in [3.05, 3.63) is 35.8 Å². The number of carbonyl (C=O) groups excluding carboxylic acids is 2. The van der Waals surface area contributed by atoms with Gasteiger partial charge in [0.25, 0.3) is 11.8 Å². The second-order valence-corrected chi connectivity index (χ2v) is 8.00. The first kappa shape index (κ1) is 23.2. The molecule has 0 aliphatic carbocycles. The zero-order valence-corrected chi connectivity index (χ0v) is 18.2. The molecule has 1 saturated heterocycles. The van der Waals surface area contributed by atoms with Crippen LogP contribution in [0.4, 0.5) is 27.5 Å². The lowest BCUT2D eigenvalue weighted by Gasteiger charge is -2.29. The topological polar surface area (TPSA) is 150 Å². The number of nitrogens with two attached hydrogens (primary N) is 2. The van der Waals surface area contributed by atoms with Crippen molar-refractivity contribution >= 4 is 35.0 Å². The summed E-state index contributed by atoms with van der Waals surface area (Å²) in [5, 5.41) is 5.88. The molecule has 1 aliphatic heterocycles. The standard InChI is InChI=1S/C21H28FN7O3/c1-12(2)9-16(19(24)31)27-21-25-11-14(18(23)30)20(28-21)26-13-3-4-17(15(22)10-13)29-5-7-32-8-6-29/h3-4,10-12,16H,5-9H2,1-2H3,(H2,23,30)(H2,24,31)(H2,25,26,27,28)/p+1/t16-/m1/s1. The number of aromatic amines is 1. The molecule has 11 heteroatoms. The van der Waals surface area contributed by atoms with Crippen molar-refractivity contribution in [2.45, 2.75) is 26.3 Å². The van der Waals surface area contributed by atoms with Crippen LogP contribution in [0, 0.1) is 11.7 Å². The van der Waals surface area contributed by atoms with Crippen LogP contribution in [0.2, 0.25) is 0 Å². The normalized spacial score (nSPS) is 14.8. The van der Waals surface area contributed by atoms with Crippen molar-refractivity contribution in [3.8, 4) is 0 Å². The fraction of sp³-hybridized carbons (Fsp3) is 0.429. The van der Waals surface area contributed by atoms with E-state index in [1.807, 2.05) is 18.7 Å². The summed E-state index contributed by atoms with van der Waals surface area (Å²) in [6.07, 6.45) is 1.87. The maximum atomic E-state index is 14.8. The maximum Gasteiger partial charge on any atom is 0.391 e. The fourth-order valence-corrected chi connectivity index (χ4v) is 3.43. The lowest BCUT2D eigenvalue weighted by molar-refractivity contribution is -0.365. The maximum absolute atomic E-state index is 14.8. The number of hydrogen-bond donors (Lipinski definition) is 4. The first-order valence-electron chi connectivity index (χ1n) is 10.4. The quantitative estimate of drug-likeness (QED) is 0.449. The summed E-state index contributed by atoms with van der Waals surface area (Å²) < 4.78 is 20.1. The average Bonchev–Trinajstić information content (AvgIpc) is 2.73. The van der Waals surface area contributed by atoms with E-state index in [1.54, 1.807) is 12.1 Å². The van der Waals surface area contributed by atoms with Crippen LogP contribution in [0.3, 0.4) is 0 Å². The fourth-order valence-electron chi connectivity index (χ4n) is 3.43. The van der Waals surface area contributed by atoms with Crippen LogP contribution in [0.25, 0.3) is 0 Å². The molecule has 32 heavy (non-hydrogen) atoms. The lowest BCUT2D eigenvalue weighted by Crippen LogP contribution is -2.38. The van der Waals surface area contributed by atoms with Gasteiger partial charge in [-0.25, -0.2) is 9.37 Å². The van der Waals surface area contributed by atoms with E-state index < -0.39 is 23.7 Å². The number of rotatable bonds is 9. The highest BCUT2D eigenvalue weighted by molar-refractivity contribution is 5.97. The van der Waals surface area contributed by atoms with E-state index >= 15 is 0 Å². The molecule has 0 unspecified atom stereocenters. The van der Waals surface area contributed by atoms with Crippen LogP contribution in [0.5, 0.6) is 0 Å². The monoisotopic (exact) mass is 446 g/mol. The number of amides is 2. The Morgan fingerprint density at radius 1 is 1.28 bits per heavy atom. The molecule has 1 fully saturated rings. The highest BCUT2D eigenvalue weighted by Crippen LogP contribution is 2.26. The van der Waals surface area contributed by atoms with E-state index in [4.69, 9.17) is 16.2 Å². The third-order valence-corrected chi connectivity index (χ3v) is 5.02. The van der Waals surface area contributed by atoms with E-state index in [9.17, 15) is 14.0 Å². The Hall–Kier alpha value is -3.47. The van der Waals surface area contributed by atoms with Crippen molar-refractivity contribution in [1.29, 1.82) is 0 Å². The van der Waals surface area contributed by atoms with Crippen molar-refractivity contribution in [1.82, 2.24) is 4.98 Å². The Morgan fingerprint density at radius 3 is 2.59 bits per heavy atom. The number of H-pyrrole nitrogens is 1. The van der Waals surface area contributed by atoms with Gasteiger partial charge in [-0.2, -0.15) is 0 Å². The number of morpholine rings is 1. The Balaban J connectivity index is 1.84. The van der Waals surface area contributed by atoms with E-state index in [-0.39, 0.29) is 23.2 Å². The van der Waals surface area contributed by atoms with E-state index in [0.29, 0.717) is 44.1 Å². The summed E-state index contributed by atoms with van der Waals surface area (Å²) in [5.74, 6) is -1.11. The summed E-state index contributed by atoms with van der Waals surface area (Å²) >= 11 is 0. The molecule has 0 saturated carbocycles. The van der Waals surface area contributed by atoms with Gasteiger partial charge in [0.2, 0.25) is 5.82 Å². The first-order valence-corrected chi connectivity index (χ1v) is 10.4. The molecule has 1 aromatic carbocycles. The van der Waals surface area contributed by atoms with Gasteiger partial charge in [-0.15, -0.1) is 0 Å². The molecule has 2 heterocycles. The van der Waals surface area contributed by atoms with Crippen LogP contribution in [0.15, 0.2) is 24.4 Å². The average molecular weight is 447 g/mol. The van der Waals surface area contributed by atoms with Crippen LogP contribution < -0.4 is 32.0 Å². The molecule has 0 spiro atoms. The smallest absolute Gasteiger partial charge is 0.378 e. The minimum atomic E-state index is -0.721. The number of nitrogens with one attached hydrogen (secondary N) is 3. The van der Waals surface area contributed by atoms with Gasteiger partial charge in [0.1, 0.15) is 11.4 Å². The number of aromatic nitrogens is 2. The molecule has 172 valence electrons. The van der Waals surface area contributed by atoms with Crippen molar-refractivity contribution in [2.24, 2.45) is 17.4 Å². The first-order chi connectivity index (χ1) is 15.2. The summed E-state index contributed by atoms with van der Waals surface area (Å²) in [4.78, 5) is 32.7. The largest absolute Gasteiger partial charge is 0.391 e. The van der Waals surface area contributed by atoms with Crippen molar-refractivity contribution in [2.75, 3.05) is 41.8 Å². The van der Waals surface area contributed by atoms with Gasteiger partial charge in [0.05, 0.1) is 25.1 Å². The van der Waals surface area contributed by atoms with Crippen LogP contribution in [-0.4, -0.2) is 49.1 Å². The highest BCUT2D eigenvalue weighted by atomic mass is 19.1. The summed E-state index contributed by atoms with van der Waals surface area (Å²) in [5.41, 5.74) is 11.9. The van der Waals surface area contributed by atoms with Gasteiger partial charge in [0, 0.05) is 18.8 Å². The number of ether oxygens (including phenoxy) is 1. The minimum absolute atomic E-state index is 0.0766. The second kappa shape index (κ2) is 10.2. The second-order valence-electron chi connectivity index (χ2n) is 8.00. The Bertz CT molecular complexity index is 980. The molecular formula is C21H29FN7O3+. The predicted octanol–water partition coefficient (Wildman–Crippen LogP) is 1.03. The molecule has 1 atom stereocenters. The molecule has 1 aliphatic rings. The number of halogens is 1. The Labute approximate surface area is 185 Å². The lowest BCUT2D eigenvalue weighted by atomic mass is 10.0. The number of hydrogen-bond acceptors (Lipinski definition) is 7. The van der Waals surface area contributed by atoms with Crippen LogP contribution >= 0.6 is 0 Å². The molecule has 3 rings (SSSR count). The highest BCUT2D eigenvalue weighted by Gasteiger charge is 2.25. The van der Waals surface area contributed by atoms with Gasteiger partial charge in [-0.1, -0.05) is 18.8 Å². The number of primary amides is 2. The number of nitrogens with zero attached hydrogens (tertiary/aromatic N) is 2. The minimum Gasteiger partial charge on any atom is -0.378 e. The van der Waals surface area contributed by atoms with Crippen molar-refractivity contribution in [3.63, 3.8) is 0 Å². The molecule has 0 radical (unpaired) electrons. The molecule has 2 aromatic rings. The molecule has 7 N–H and O–H groups in total. The molecule has 0 bridgehead atoms. The molecule has 2 amide bonds. The molecule has 1 aromatic heterocycles. The van der Waals surface area contributed by atoms with Crippen LogP contribution in [0.1, 0.15) is 30.6 Å². The summed E-state index contributed by atoms with van der Waals surface area (Å²) in [6.45, 7) is 6.24. The van der Waals surface area contributed by atoms with Gasteiger partial charge < -0.3 is 26.4 Å². The zero-order chi connectivity index (χ0) is 23.3. The molecule has 10 nitrogen and oxygen atoms in total. The number of benzene rings is 1. The Kier molecular flexibility index (Phi) is 7.41. The van der Waals surface area contributed by atoms with E-state index in [0.717, 1.165) is 0 Å². The number of anilines is 4. The van der Waals surface area contributed by atoms with Gasteiger partial charge in [0.15, 0.2) is 6.04 Å². The third-order valence-electron chi connectivity index (χ3n) is 5.02. The van der Waals surface area contributed by atoms with E-state index in [2.05, 4.69) is 20.6 Å². The van der Waals surface area contributed by atoms with Crippen LogP contribution in [-0.2, 0) is 9.53 Å². The van der Waals surface area contributed by atoms with Gasteiger partial charge in [-0.3, -0.25) is 14.9 Å². The summed E-state index contributed by atoms with van der Waals surface area (Å²) in [7, 11) is 0. The van der Waals surface area contributed by atoms with Gasteiger partial charge in [-0.05, 0) is 30.5 Å². The number of carbonyl (C=O) groups is 2. The van der Waals surface area contributed by atoms with E-state index in [1.165, 1.54) is 12.3 Å². The molecular weight excluding hydrogens is 417 g/mol. The zero-order valence-electron chi connectivity index (χ0n) is 18.2. The third kappa shape index (κ3) is 5.82. The SMILES string of the molecule is CC(C)C[C@@H](Nc1nc(Nc2ccc(N3CCOCC3)c(F)c2)c(C(N)=O)c[nH+]1)C(N)=O. The van der Waals surface area contributed by atoms with Gasteiger partial charge >= 0.3 is 5.95 Å². The predicted molar refractivity (Wildman–Crippen MR) is 118 cm³/mol. The Morgan fingerprint density at radius 2 is 2.00 bits per heavy atom. The summed E-state index contributed by atoms with van der Waals surface area (Å²) in [6, 6.07) is 4.02.